The number of ether oxygens (including phenoxy) is 2. The summed E-state index contributed by atoms with van der Waals surface area (Å²) in [4.78, 5) is 34.8. The first kappa shape index (κ1) is 21.0. The maximum absolute atomic E-state index is 11.7. The van der Waals surface area contributed by atoms with Crippen LogP contribution in [0.3, 0.4) is 0 Å². The Hall–Kier alpha value is -0.0600. The molecular weight excluding hydrogens is 360 g/mol. The van der Waals surface area contributed by atoms with Crippen molar-refractivity contribution in [3.63, 3.8) is 0 Å². The zero-order valence-electron chi connectivity index (χ0n) is 13.5. The molecule has 1 heterocycles. The Bertz CT molecular complexity index is 444. The maximum Gasteiger partial charge on any atom is 0.186 e. The van der Waals surface area contributed by atoms with Crippen LogP contribution in [-0.4, -0.2) is 61.8 Å². The van der Waals surface area contributed by atoms with Crippen LogP contribution in [0.15, 0.2) is 0 Å². The van der Waals surface area contributed by atoms with E-state index in [9.17, 15) is 19.5 Å². The second kappa shape index (κ2) is 10.0. The molecule has 0 aromatic heterocycles. The number of hydrogen-bond acceptors (Lipinski definition) is 9. The van der Waals surface area contributed by atoms with Gasteiger partial charge in [0, 0.05) is 32.6 Å². The molecule has 1 fully saturated rings. The second-order valence-electron chi connectivity index (χ2n) is 4.90. The van der Waals surface area contributed by atoms with Gasteiger partial charge in [-0.3, -0.25) is 14.4 Å². The molecule has 0 aromatic rings. The molecule has 1 unspecified atom stereocenters. The number of thioether (sulfide) groups is 3. The van der Waals surface area contributed by atoms with E-state index in [0.717, 1.165) is 35.3 Å². The van der Waals surface area contributed by atoms with Gasteiger partial charge in [0.15, 0.2) is 21.6 Å². The summed E-state index contributed by atoms with van der Waals surface area (Å²) < 4.78 is 11.3. The molecule has 5 atom stereocenters. The highest BCUT2D eigenvalue weighted by atomic mass is 32.2. The summed E-state index contributed by atoms with van der Waals surface area (Å²) in [6.45, 7) is 6.19. The topological polar surface area (TPSA) is 89.9 Å². The van der Waals surface area contributed by atoms with Crippen LogP contribution in [0.25, 0.3) is 0 Å². The molecule has 1 N–H and O–H groups in total. The molecule has 132 valence electrons. The van der Waals surface area contributed by atoms with E-state index in [1.54, 1.807) is 6.92 Å². The summed E-state index contributed by atoms with van der Waals surface area (Å²) in [5.41, 5.74) is 0. The van der Waals surface area contributed by atoms with Gasteiger partial charge in [-0.1, -0.05) is 35.3 Å². The number of carbonyl (C=O) groups excluding carboxylic acids is 3. The minimum absolute atomic E-state index is 0.118. The number of rotatable bonds is 6. The number of carbonyl (C=O) groups is 3. The van der Waals surface area contributed by atoms with Gasteiger partial charge >= 0.3 is 0 Å². The fourth-order valence-electron chi connectivity index (χ4n) is 2.30. The lowest BCUT2D eigenvalue weighted by atomic mass is 10.1. The van der Waals surface area contributed by atoms with Crippen molar-refractivity contribution in [1.82, 2.24) is 0 Å². The smallest absolute Gasteiger partial charge is 0.186 e. The summed E-state index contributed by atoms with van der Waals surface area (Å²) in [7, 11) is 0. The lowest BCUT2D eigenvalue weighted by molar-refractivity contribution is -0.191. The predicted octanol–water partition coefficient (Wildman–Crippen LogP) is 1.68. The Morgan fingerprint density at radius 1 is 0.957 bits per heavy atom. The molecule has 0 radical (unpaired) electrons. The SMILES string of the molecule is CCOC1O[C@H](CO)[C@@H](SC(C)=O)[C@H](SC(C)=O)[C@H]1SC(C)=O. The van der Waals surface area contributed by atoms with E-state index in [-0.39, 0.29) is 27.2 Å². The number of aliphatic hydroxyl groups excluding tert-OH is 1. The minimum Gasteiger partial charge on any atom is -0.394 e. The van der Waals surface area contributed by atoms with Crippen LogP contribution in [-0.2, 0) is 23.9 Å². The third kappa shape index (κ3) is 6.39. The molecule has 1 saturated heterocycles. The first-order valence-electron chi connectivity index (χ1n) is 7.19. The van der Waals surface area contributed by atoms with Crippen molar-refractivity contribution in [2.75, 3.05) is 13.2 Å². The van der Waals surface area contributed by atoms with E-state index in [2.05, 4.69) is 0 Å². The Morgan fingerprint density at radius 2 is 1.43 bits per heavy atom. The molecule has 23 heavy (non-hydrogen) atoms. The summed E-state index contributed by atoms with van der Waals surface area (Å²) in [6, 6.07) is 0. The van der Waals surface area contributed by atoms with E-state index < -0.39 is 22.9 Å². The van der Waals surface area contributed by atoms with Gasteiger partial charge in [0.05, 0.1) is 23.2 Å². The maximum atomic E-state index is 11.7. The molecule has 0 aromatic carbocycles. The summed E-state index contributed by atoms with van der Waals surface area (Å²) >= 11 is 3.15. The van der Waals surface area contributed by atoms with Crippen LogP contribution in [0.5, 0.6) is 0 Å². The lowest BCUT2D eigenvalue weighted by Gasteiger charge is -2.44. The zero-order chi connectivity index (χ0) is 17.6. The Kier molecular flexibility index (Phi) is 9.17. The molecule has 6 nitrogen and oxygen atoms in total. The first-order chi connectivity index (χ1) is 10.8. The van der Waals surface area contributed by atoms with Crippen molar-refractivity contribution in [2.45, 2.75) is 55.8 Å². The van der Waals surface area contributed by atoms with Gasteiger partial charge in [0.25, 0.3) is 0 Å². The van der Waals surface area contributed by atoms with E-state index in [1.165, 1.54) is 20.8 Å². The quantitative estimate of drug-likeness (QED) is 0.737. The second-order valence-corrected chi connectivity index (χ2v) is 8.97. The fourth-order valence-corrected chi connectivity index (χ4v) is 5.95. The molecule has 0 amide bonds. The van der Waals surface area contributed by atoms with Gasteiger partial charge in [0.1, 0.15) is 0 Å². The fraction of sp³-hybridized carbons (Fsp3) is 0.786. The van der Waals surface area contributed by atoms with Crippen molar-refractivity contribution >= 4 is 50.6 Å². The largest absolute Gasteiger partial charge is 0.394 e. The van der Waals surface area contributed by atoms with Crippen molar-refractivity contribution < 1.29 is 29.0 Å². The molecule has 1 aliphatic heterocycles. The average Bonchev–Trinajstić information content (AvgIpc) is 2.43. The molecule has 0 bridgehead atoms. The minimum atomic E-state index is -0.716. The summed E-state index contributed by atoms with van der Waals surface area (Å²) in [5.74, 6) is 0. The highest BCUT2D eigenvalue weighted by Gasteiger charge is 2.48. The van der Waals surface area contributed by atoms with E-state index in [4.69, 9.17) is 9.47 Å². The first-order valence-corrected chi connectivity index (χ1v) is 9.83. The van der Waals surface area contributed by atoms with E-state index in [0.29, 0.717) is 6.61 Å². The standard InChI is InChI=1S/C14H22O6S3/c1-5-19-14-13(23-9(4)18)12(22-8(3)17)11(21-7(2)16)10(6-15)20-14/h10-15H,5-6H2,1-4H3/t10-,11-,12+,13-,14?/m1/s1. The number of hydrogen-bond donors (Lipinski definition) is 1. The van der Waals surface area contributed by atoms with Crippen LogP contribution in [0, 0.1) is 0 Å². The van der Waals surface area contributed by atoms with Crippen molar-refractivity contribution in [3.8, 4) is 0 Å². The van der Waals surface area contributed by atoms with Gasteiger partial charge in [-0.25, -0.2) is 0 Å². The third-order valence-electron chi connectivity index (χ3n) is 3.01. The Balaban J connectivity index is 3.16. The van der Waals surface area contributed by atoms with Crippen molar-refractivity contribution in [3.05, 3.63) is 0 Å². The van der Waals surface area contributed by atoms with Crippen LogP contribution in [0.1, 0.15) is 27.7 Å². The van der Waals surface area contributed by atoms with Gasteiger partial charge in [0.2, 0.25) is 0 Å². The van der Waals surface area contributed by atoms with Crippen LogP contribution in [0.2, 0.25) is 0 Å². The van der Waals surface area contributed by atoms with E-state index in [1.807, 2.05) is 0 Å². The van der Waals surface area contributed by atoms with Crippen LogP contribution >= 0.6 is 35.3 Å². The molecule has 9 heteroatoms. The van der Waals surface area contributed by atoms with Crippen LogP contribution in [0.4, 0.5) is 0 Å². The molecule has 1 aliphatic rings. The third-order valence-corrected chi connectivity index (χ3v) is 6.86. The zero-order valence-corrected chi connectivity index (χ0v) is 16.0. The monoisotopic (exact) mass is 382 g/mol. The van der Waals surface area contributed by atoms with Gasteiger partial charge in [-0.15, -0.1) is 0 Å². The predicted molar refractivity (Wildman–Crippen MR) is 93.6 cm³/mol. The van der Waals surface area contributed by atoms with Gasteiger partial charge < -0.3 is 14.6 Å². The van der Waals surface area contributed by atoms with Crippen molar-refractivity contribution in [2.24, 2.45) is 0 Å². The van der Waals surface area contributed by atoms with E-state index >= 15 is 0 Å². The molecule has 0 spiro atoms. The average molecular weight is 383 g/mol. The highest BCUT2D eigenvalue weighted by Crippen LogP contribution is 2.42. The lowest BCUT2D eigenvalue weighted by Crippen LogP contribution is -2.56. The molecular formula is C14H22O6S3. The van der Waals surface area contributed by atoms with Crippen molar-refractivity contribution in [1.29, 1.82) is 0 Å². The number of aliphatic hydroxyl groups is 1. The van der Waals surface area contributed by atoms with Crippen LogP contribution < -0.4 is 0 Å². The Morgan fingerprint density at radius 3 is 1.87 bits per heavy atom. The summed E-state index contributed by atoms with van der Waals surface area (Å²) in [6.07, 6.45) is -1.35. The normalized spacial score (nSPS) is 30.9. The molecule has 0 saturated carbocycles. The summed E-state index contributed by atoms with van der Waals surface area (Å²) in [5, 5.41) is 8.00. The van der Waals surface area contributed by atoms with Gasteiger partial charge in [-0.2, -0.15) is 0 Å². The van der Waals surface area contributed by atoms with Gasteiger partial charge in [-0.05, 0) is 6.92 Å². The molecule has 0 aliphatic carbocycles. The highest BCUT2D eigenvalue weighted by molar-refractivity contribution is 8.19. The molecule has 1 rings (SSSR count). The Labute approximate surface area is 148 Å².